The maximum absolute atomic E-state index is 11.5. The average molecular weight is 404 g/mol. The highest BCUT2D eigenvalue weighted by Crippen LogP contribution is 2.40. The first kappa shape index (κ1) is 14.6. The van der Waals surface area contributed by atoms with Crippen LogP contribution in [0.1, 0.15) is 16.1 Å². The van der Waals surface area contributed by atoms with Crippen molar-refractivity contribution in [2.24, 2.45) is 5.10 Å². The van der Waals surface area contributed by atoms with Crippen molar-refractivity contribution in [1.82, 2.24) is 5.43 Å². The quantitative estimate of drug-likeness (QED) is 0.542. The molecule has 1 aromatic carbocycles. The van der Waals surface area contributed by atoms with E-state index in [9.17, 15) is 15.0 Å². The Kier molecular flexibility index (Phi) is 4.46. The zero-order valence-electron chi connectivity index (χ0n) is 9.80. The lowest BCUT2D eigenvalue weighted by Crippen LogP contribution is -2.16. The van der Waals surface area contributed by atoms with Gasteiger partial charge in [0.25, 0.3) is 0 Å². The largest absolute Gasteiger partial charge is 0.506 e. The number of hydrogen-bond acceptors (Lipinski definition) is 5. The Hall–Kier alpha value is -1.80. The van der Waals surface area contributed by atoms with Crippen molar-refractivity contribution in [3.05, 3.63) is 44.7 Å². The highest BCUT2D eigenvalue weighted by atomic mass is 79.9. The standard InChI is InChI=1S/C12H8Br2N2O4/c13-7-4-6(10(17)9(14)11(7)18)5-15-16-12(19)8-2-1-3-20-8/h1-5,17-18H,(H,16,19)/b15-5-. The fraction of sp³-hybridized carbons (Fsp3) is 0. The predicted octanol–water partition coefficient (Wildman–Crippen LogP) is 2.98. The normalized spacial score (nSPS) is 10.9. The highest BCUT2D eigenvalue weighted by molar-refractivity contribution is 9.11. The Labute approximate surface area is 130 Å². The van der Waals surface area contributed by atoms with Gasteiger partial charge in [-0.05, 0) is 50.1 Å². The van der Waals surface area contributed by atoms with Crippen LogP contribution in [-0.4, -0.2) is 22.3 Å². The smallest absolute Gasteiger partial charge is 0.307 e. The van der Waals surface area contributed by atoms with E-state index in [0.717, 1.165) is 0 Å². The van der Waals surface area contributed by atoms with Gasteiger partial charge < -0.3 is 14.6 Å². The third-order valence-electron chi connectivity index (χ3n) is 2.31. The van der Waals surface area contributed by atoms with E-state index in [4.69, 9.17) is 4.42 Å². The molecule has 0 saturated carbocycles. The van der Waals surface area contributed by atoms with E-state index in [1.807, 2.05) is 0 Å². The molecule has 0 atom stereocenters. The summed E-state index contributed by atoms with van der Waals surface area (Å²) in [6.07, 6.45) is 2.61. The molecule has 0 aliphatic heterocycles. The number of nitrogens with one attached hydrogen (secondary N) is 1. The Balaban J connectivity index is 2.14. The van der Waals surface area contributed by atoms with Crippen molar-refractivity contribution in [2.75, 3.05) is 0 Å². The SMILES string of the molecule is O=C(N/N=C\c1cc(Br)c(O)c(Br)c1O)c1ccco1. The third-order valence-corrected chi connectivity index (χ3v) is 3.67. The Morgan fingerprint density at radius 2 is 2.10 bits per heavy atom. The van der Waals surface area contributed by atoms with Crippen LogP contribution in [0.3, 0.4) is 0 Å². The minimum atomic E-state index is -0.511. The second-order valence-electron chi connectivity index (χ2n) is 3.64. The van der Waals surface area contributed by atoms with Crippen LogP contribution in [0.25, 0.3) is 0 Å². The Morgan fingerprint density at radius 3 is 2.75 bits per heavy atom. The molecule has 3 N–H and O–H groups in total. The molecule has 1 heterocycles. The lowest BCUT2D eigenvalue weighted by Gasteiger charge is -2.06. The molecule has 0 bridgehead atoms. The van der Waals surface area contributed by atoms with E-state index in [-0.39, 0.29) is 21.7 Å². The lowest BCUT2D eigenvalue weighted by atomic mass is 10.2. The molecular weight excluding hydrogens is 396 g/mol. The van der Waals surface area contributed by atoms with Gasteiger partial charge in [-0.15, -0.1) is 0 Å². The first-order chi connectivity index (χ1) is 9.50. The summed E-state index contributed by atoms with van der Waals surface area (Å²) in [6.45, 7) is 0. The van der Waals surface area contributed by atoms with Crippen molar-refractivity contribution in [2.45, 2.75) is 0 Å². The molecule has 0 aliphatic rings. The topological polar surface area (TPSA) is 95.1 Å². The number of phenolic OH excluding ortho intramolecular Hbond substituents is 2. The van der Waals surface area contributed by atoms with Crippen LogP contribution in [-0.2, 0) is 0 Å². The molecule has 0 saturated heterocycles. The summed E-state index contributed by atoms with van der Waals surface area (Å²) in [5.41, 5.74) is 2.55. The van der Waals surface area contributed by atoms with E-state index in [2.05, 4.69) is 42.4 Å². The number of nitrogens with zero attached hydrogens (tertiary/aromatic N) is 1. The van der Waals surface area contributed by atoms with Crippen LogP contribution in [0.15, 0.2) is 42.9 Å². The fourth-order valence-electron chi connectivity index (χ4n) is 1.34. The molecule has 0 spiro atoms. The van der Waals surface area contributed by atoms with Gasteiger partial charge in [-0.3, -0.25) is 4.79 Å². The lowest BCUT2D eigenvalue weighted by molar-refractivity contribution is 0.0927. The maximum Gasteiger partial charge on any atom is 0.307 e. The van der Waals surface area contributed by atoms with Crippen LogP contribution in [0.4, 0.5) is 0 Å². The molecule has 0 radical (unpaired) electrons. The van der Waals surface area contributed by atoms with Gasteiger partial charge in [0, 0.05) is 5.56 Å². The zero-order chi connectivity index (χ0) is 14.7. The van der Waals surface area contributed by atoms with E-state index < -0.39 is 5.91 Å². The molecule has 2 aromatic rings. The van der Waals surface area contributed by atoms with Crippen LogP contribution in [0.5, 0.6) is 11.5 Å². The van der Waals surface area contributed by atoms with E-state index in [0.29, 0.717) is 10.0 Å². The van der Waals surface area contributed by atoms with Crippen molar-refractivity contribution >= 4 is 44.0 Å². The van der Waals surface area contributed by atoms with Gasteiger partial charge in [-0.1, -0.05) is 0 Å². The van der Waals surface area contributed by atoms with Gasteiger partial charge in [0.1, 0.15) is 16.0 Å². The summed E-state index contributed by atoms with van der Waals surface area (Å²) in [5, 5.41) is 23.1. The molecular formula is C12H8Br2N2O4. The molecule has 6 nitrogen and oxygen atoms in total. The number of amides is 1. The van der Waals surface area contributed by atoms with Gasteiger partial charge in [0.15, 0.2) is 5.76 Å². The molecule has 0 unspecified atom stereocenters. The summed E-state index contributed by atoms with van der Waals surface area (Å²) in [6, 6.07) is 4.53. The van der Waals surface area contributed by atoms with Crippen LogP contribution in [0, 0.1) is 0 Å². The van der Waals surface area contributed by atoms with Gasteiger partial charge in [0.2, 0.25) is 0 Å². The van der Waals surface area contributed by atoms with Crippen LogP contribution >= 0.6 is 31.9 Å². The number of hydrazone groups is 1. The molecule has 0 aliphatic carbocycles. The molecule has 0 fully saturated rings. The average Bonchev–Trinajstić information content (AvgIpc) is 2.96. The third kappa shape index (κ3) is 3.02. The number of carbonyl (C=O) groups is 1. The number of benzene rings is 1. The first-order valence-electron chi connectivity index (χ1n) is 5.27. The number of aromatic hydroxyl groups is 2. The summed E-state index contributed by atoms with van der Waals surface area (Å²) in [4.78, 5) is 11.5. The minimum Gasteiger partial charge on any atom is -0.506 e. The summed E-state index contributed by atoms with van der Waals surface area (Å²) in [5.74, 6) is -0.706. The number of furan rings is 1. The number of carbonyl (C=O) groups excluding carboxylic acids is 1. The van der Waals surface area contributed by atoms with Crippen molar-refractivity contribution in [3.8, 4) is 11.5 Å². The minimum absolute atomic E-state index is 0.124. The second kappa shape index (κ2) is 6.10. The number of phenols is 2. The number of rotatable bonds is 3. The molecule has 8 heteroatoms. The van der Waals surface area contributed by atoms with Gasteiger partial charge in [-0.2, -0.15) is 5.10 Å². The summed E-state index contributed by atoms with van der Waals surface area (Å²) in [7, 11) is 0. The monoisotopic (exact) mass is 402 g/mol. The molecule has 104 valence electrons. The van der Waals surface area contributed by atoms with Gasteiger partial charge >= 0.3 is 5.91 Å². The Morgan fingerprint density at radius 1 is 1.35 bits per heavy atom. The zero-order valence-corrected chi connectivity index (χ0v) is 13.0. The summed E-state index contributed by atoms with van der Waals surface area (Å²) >= 11 is 6.17. The number of halogens is 2. The fourth-order valence-corrected chi connectivity index (χ4v) is 2.49. The van der Waals surface area contributed by atoms with Crippen molar-refractivity contribution in [3.63, 3.8) is 0 Å². The van der Waals surface area contributed by atoms with Gasteiger partial charge in [-0.25, -0.2) is 5.43 Å². The second-order valence-corrected chi connectivity index (χ2v) is 5.28. The number of hydrogen-bond donors (Lipinski definition) is 3. The maximum atomic E-state index is 11.5. The van der Waals surface area contributed by atoms with Crippen LogP contribution < -0.4 is 5.43 Å². The van der Waals surface area contributed by atoms with Crippen molar-refractivity contribution < 1.29 is 19.4 Å². The molecule has 2 rings (SSSR count). The van der Waals surface area contributed by atoms with E-state index in [1.54, 1.807) is 6.07 Å². The van der Waals surface area contributed by atoms with Crippen molar-refractivity contribution in [1.29, 1.82) is 0 Å². The Bertz CT molecular complexity index is 669. The molecule has 20 heavy (non-hydrogen) atoms. The highest BCUT2D eigenvalue weighted by Gasteiger charge is 2.13. The molecule has 1 aromatic heterocycles. The van der Waals surface area contributed by atoms with E-state index in [1.165, 1.54) is 24.6 Å². The molecule has 1 amide bonds. The predicted molar refractivity (Wildman–Crippen MR) is 78.9 cm³/mol. The summed E-state index contributed by atoms with van der Waals surface area (Å²) < 4.78 is 5.40. The van der Waals surface area contributed by atoms with E-state index >= 15 is 0 Å². The van der Waals surface area contributed by atoms with Gasteiger partial charge in [0.05, 0.1) is 17.0 Å². The first-order valence-corrected chi connectivity index (χ1v) is 6.86. The van der Waals surface area contributed by atoms with Crippen LogP contribution in [0.2, 0.25) is 0 Å².